The fourth-order valence-electron chi connectivity index (χ4n) is 2.77. The van der Waals surface area contributed by atoms with E-state index in [4.69, 9.17) is 11.6 Å². The molecule has 0 fully saturated rings. The zero-order valence-corrected chi connectivity index (χ0v) is 14.5. The van der Waals surface area contributed by atoms with Gasteiger partial charge in [0.2, 0.25) is 0 Å². The first kappa shape index (κ1) is 16.7. The lowest BCUT2D eigenvalue weighted by molar-refractivity contribution is 0.629. The molecule has 0 aliphatic rings. The number of halogens is 2. The van der Waals surface area contributed by atoms with Crippen LogP contribution in [0.15, 0.2) is 66.7 Å². The van der Waals surface area contributed by atoms with E-state index < -0.39 is 0 Å². The third-order valence-corrected chi connectivity index (χ3v) is 4.65. The monoisotopic (exact) mass is 338 g/mol. The van der Waals surface area contributed by atoms with E-state index in [-0.39, 0.29) is 10.8 Å². The average Bonchev–Trinajstić information content (AvgIpc) is 2.63. The van der Waals surface area contributed by atoms with Crippen LogP contribution in [0.5, 0.6) is 0 Å². The molecule has 0 saturated heterocycles. The summed E-state index contributed by atoms with van der Waals surface area (Å²) in [5.74, 6) is -0.381. The van der Waals surface area contributed by atoms with Gasteiger partial charge in [-0.05, 0) is 59.2 Å². The van der Waals surface area contributed by atoms with E-state index in [0.717, 1.165) is 30.4 Å². The topological polar surface area (TPSA) is 0 Å². The van der Waals surface area contributed by atoms with E-state index in [9.17, 15) is 4.39 Å². The number of hydrogen-bond acceptors (Lipinski definition) is 0. The minimum absolute atomic E-state index is 0.157. The predicted octanol–water partition coefficient (Wildman–Crippen LogP) is 6.49. The molecule has 0 unspecified atom stereocenters. The lowest BCUT2D eigenvalue weighted by atomic mass is 9.99. The molecule has 24 heavy (non-hydrogen) atoms. The van der Waals surface area contributed by atoms with Crippen LogP contribution in [0, 0.1) is 5.82 Å². The Morgan fingerprint density at radius 2 is 1.21 bits per heavy atom. The Hall–Kier alpha value is -2.12. The second-order valence-electron chi connectivity index (χ2n) is 6.00. The molecule has 0 nitrogen and oxygen atoms in total. The first-order chi connectivity index (χ1) is 11.7. The zero-order valence-electron chi connectivity index (χ0n) is 13.7. The Morgan fingerprint density at radius 1 is 0.708 bits per heavy atom. The fraction of sp³-hybridized carbons (Fsp3) is 0.182. The van der Waals surface area contributed by atoms with E-state index >= 15 is 0 Å². The largest absolute Gasteiger partial charge is 0.205 e. The van der Waals surface area contributed by atoms with Crippen molar-refractivity contribution in [2.45, 2.75) is 26.2 Å². The maximum absolute atomic E-state index is 13.6. The van der Waals surface area contributed by atoms with Gasteiger partial charge in [-0.3, -0.25) is 0 Å². The first-order valence-corrected chi connectivity index (χ1v) is 8.65. The van der Waals surface area contributed by atoms with Gasteiger partial charge in [-0.25, -0.2) is 4.39 Å². The molecule has 0 spiro atoms. The van der Waals surface area contributed by atoms with Crippen LogP contribution in [0.4, 0.5) is 4.39 Å². The summed E-state index contributed by atoms with van der Waals surface area (Å²) in [6.07, 6.45) is 3.10. The highest BCUT2D eigenvalue weighted by molar-refractivity contribution is 6.30. The minimum atomic E-state index is -0.381. The summed E-state index contributed by atoms with van der Waals surface area (Å²) >= 11 is 5.74. The summed E-state index contributed by atoms with van der Waals surface area (Å²) in [4.78, 5) is 0. The van der Waals surface area contributed by atoms with Gasteiger partial charge >= 0.3 is 0 Å². The van der Waals surface area contributed by atoms with Crippen LogP contribution in [-0.2, 0) is 19.3 Å². The molecule has 0 atom stereocenters. The van der Waals surface area contributed by atoms with Crippen LogP contribution in [0.3, 0.4) is 0 Å². The highest BCUT2D eigenvalue weighted by atomic mass is 35.5. The molecular formula is C22H20ClF. The van der Waals surface area contributed by atoms with Crippen molar-refractivity contribution in [3.63, 3.8) is 0 Å². The highest BCUT2D eigenvalue weighted by Gasteiger charge is 2.04. The normalized spacial score (nSPS) is 10.8. The first-order valence-electron chi connectivity index (χ1n) is 8.28. The van der Waals surface area contributed by atoms with Crippen molar-refractivity contribution in [3.8, 4) is 11.1 Å². The Bertz CT molecular complexity index is 804. The Labute approximate surface area is 147 Å². The van der Waals surface area contributed by atoms with Crippen molar-refractivity contribution in [2.24, 2.45) is 0 Å². The van der Waals surface area contributed by atoms with Crippen LogP contribution >= 0.6 is 11.6 Å². The summed E-state index contributed by atoms with van der Waals surface area (Å²) in [5, 5.41) is 0.157. The van der Waals surface area contributed by atoms with Crippen molar-refractivity contribution in [3.05, 3.63) is 94.3 Å². The Balaban J connectivity index is 1.66. The van der Waals surface area contributed by atoms with Gasteiger partial charge in [-0.2, -0.15) is 0 Å². The van der Waals surface area contributed by atoms with E-state index in [0.29, 0.717) is 0 Å². The van der Waals surface area contributed by atoms with Crippen LogP contribution in [0.1, 0.15) is 23.6 Å². The van der Waals surface area contributed by atoms with Gasteiger partial charge in [0.1, 0.15) is 5.82 Å². The van der Waals surface area contributed by atoms with Gasteiger partial charge < -0.3 is 0 Å². The Kier molecular flexibility index (Phi) is 5.32. The molecule has 0 aliphatic heterocycles. The molecule has 0 aromatic heterocycles. The second-order valence-corrected chi connectivity index (χ2v) is 6.40. The van der Waals surface area contributed by atoms with Gasteiger partial charge in [-0.15, -0.1) is 0 Å². The van der Waals surface area contributed by atoms with Gasteiger partial charge in [0, 0.05) is 0 Å². The number of hydrogen-bond donors (Lipinski definition) is 0. The molecule has 0 aliphatic carbocycles. The molecule has 3 aromatic carbocycles. The lowest BCUT2D eigenvalue weighted by Gasteiger charge is -2.06. The van der Waals surface area contributed by atoms with E-state index in [1.807, 2.05) is 18.2 Å². The lowest BCUT2D eigenvalue weighted by Crippen LogP contribution is -1.92. The summed E-state index contributed by atoms with van der Waals surface area (Å²) in [7, 11) is 0. The molecule has 3 rings (SSSR count). The van der Waals surface area contributed by atoms with Gasteiger partial charge in [0.25, 0.3) is 0 Å². The summed E-state index contributed by atoms with van der Waals surface area (Å²) in [6, 6.07) is 22.1. The molecule has 0 heterocycles. The maximum Gasteiger partial charge on any atom is 0.142 e. The van der Waals surface area contributed by atoms with Crippen molar-refractivity contribution in [1.29, 1.82) is 0 Å². The van der Waals surface area contributed by atoms with Crippen LogP contribution in [-0.4, -0.2) is 0 Å². The third kappa shape index (κ3) is 4.04. The molecule has 0 N–H and O–H groups in total. The summed E-state index contributed by atoms with van der Waals surface area (Å²) in [6.45, 7) is 2.17. The second kappa shape index (κ2) is 7.63. The smallest absolute Gasteiger partial charge is 0.142 e. The molecule has 122 valence electrons. The van der Waals surface area contributed by atoms with E-state index in [1.165, 1.54) is 22.8 Å². The summed E-state index contributed by atoms with van der Waals surface area (Å²) in [5.41, 5.74) is 5.86. The number of rotatable bonds is 5. The van der Waals surface area contributed by atoms with Crippen LogP contribution in [0.25, 0.3) is 11.1 Å². The van der Waals surface area contributed by atoms with E-state index in [1.54, 1.807) is 6.07 Å². The maximum atomic E-state index is 13.6. The standard InChI is InChI=1S/C22H20ClF/c1-2-16-3-5-17(6-4-16)7-8-18-9-11-19(12-10-18)20-13-14-21(23)22(24)15-20/h3-6,9-15H,2,7-8H2,1H3. The van der Waals surface area contributed by atoms with Crippen LogP contribution < -0.4 is 0 Å². The average molecular weight is 339 g/mol. The van der Waals surface area contributed by atoms with Crippen molar-refractivity contribution in [1.82, 2.24) is 0 Å². The SMILES string of the molecule is CCc1ccc(CCc2ccc(-c3ccc(Cl)c(F)c3)cc2)cc1. The van der Waals surface area contributed by atoms with Crippen molar-refractivity contribution in [2.75, 3.05) is 0 Å². The number of benzene rings is 3. The Morgan fingerprint density at radius 3 is 1.75 bits per heavy atom. The predicted molar refractivity (Wildman–Crippen MR) is 100 cm³/mol. The molecular weight excluding hydrogens is 319 g/mol. The van der Waals surface area contributed by atoms with E-state index in [2.05, 4.69) is 43.3 Å². The third-order valence-electron chi connectivity index (χ3n) is 4.34. The molecule has 2 heteroatoms. The molecule has 0 bridgehead atoms. The van der Waals surface area contributed by atoms with Crippen LogP contribution in [0.2, 0.25) is 5.02 Å². The fourth-order valence-corrected chi connectivity index (χ4v) is 2.89. The highest BCUT2D eigenvalue weighted by Crippen LogP contribution is 2.24. The van der Waals surface area contributed by atoms with Crippen molar-refractivity contribution >= 4 is 11.6 Å². The molecule has 3 aromatic rings. The van der Waals surface area contributed by atoms with Gasteiger partial charge in [0.05, 0.1) is 5.02 Å². The number of aryl methyl sites for hydroxylation is 3. The zero-order chi connectivity index (χ0) is 16.9. The molecule has 0 radical (unpaired) electrons. The summed E-state index contributed by atoms with van der Waals surface area (Å²) < 4.78 is 13.6. The quantitative estimate of drug-likeness (QED) is 0.498. The molecule has 0 amide bonds. The van der Waals surface area contributed by atoms with Crippen molar-refractivity contribution < 1.29 is 4.39 Å². The molecule has 0 saturated carbocycles. The minimum Gasteiger partial charge on any atom is -0.205 e. The van der Waals surface area contributed by atoms with Gasteiger partial charge in [-0.1, -0.05) is 73.1 Å². The van der Waals surface area contributed by atoms with Gasteiger partial charge in [0.15, 0.2) is 0 Å².